The van der Waals surface area contributed by atoms with Gasteiger partial charge in [0, 0.05) is 31.7 Å². The van der Waals surface area contributed by atoms with Gasteiger partial charge in [-0.3, -0.25) is 4.79 Å². The molecule has 0 spiro atoms. The predicted octanol–water partition coefficient (Wildman–Crippen LogP) is 3.15. The van der Waals surface area contributed by atoms with Gasteiger partial charge in [-0.15, -0.1) is 0 Å². The molecule has 0 unspecified atom stereocenters. The van der Waals surface area contributed by atoms with Gasteiger partial charge < -0.3 is 25.9 Å². The van der Waals surface area contributed by atoms with Crippen LogP contribution < -0.4 is 16.4 Å². The fourth-order valence-corrected chi connectivity index (χ4v) is 3.67. The number of nitrogens with two attached hydrogens (primary N) is 1. The summed E-state index contributed by atoms with van der Waals surface area (Å²) in [6.45, 7) is 6.30. The molecular formula is C23H29N7O. The number of aromatic nitrogens is 4. The molecule has 4 aromatic rings. The smallest absolute Gasteiger partial charge is 0.237 e. The van der Waals surface area contributed by atoms with Crippen molar-refractivity contribution in [1.82, 2.24) is 24.8 Å². The molecule has 8 nitrogen and oxygen atoms in total. The molecule has 5 N–H and O–H groups in total. The molecule has 1 amide bonds. The van der Waals surface area contributed by atoms with Crippen molar-refractivity contribution in [3.63, 3.8) is 0 Å². The molecule has 0 saturated carbocycles. The van der Waals surface area contributed by atoms with Crippen molar-refractivity contribution in [3.8, 4) is 11.3 Å². The van der Waals surface area contributed by atoms with E-state index in [-0.39, 0.29) is 11.3 Å². The second-order valence-electron chi connectivity index (χ2n) is 8.97. The maximum Gasteiger partial charge on any atom is 0.237 e. The molecule has 0 aliphatic heterocycles. The monoisotopic (exact) mass is 419 g/mol. The third-order valence-electron chi connectivity index (χ3n) is 5.59. The minimum atomic E-state index is -0.557. The Morgan fingerprint density at radius 1 is 1.29 bits per heavy atom. The fraction of sp³-hybridized carbons (Fsp3) is 0.348. The van der Waals surface area contributed by atoms with E-state index >= 15 is 0 Å². The number of imidazole rings is 1. The van der Waals surface area contributed by atoms with Crippen molar-refractivity contribution in [1.29, 1.82) is 0 Å². The minimum Gasteiger partial charge on any atom is -0.371 e. The van der Waals surface area contributed by atoms with Crippen molar-refractivity contribution < 1.29 is 4.79 Å². The summed E-state index contributed by atoms with van der Waals surface area (Å²) >= 11 is 0. The Bertz CT molecular complexity index is 1260. The van der Waals surface area contributed by atoms with Crippen molar-refractivity contribution in [3.05, 3.63) is 42.2 Å². The highest BCUT2D eigenvalue weighted by atomic mass is 16.2. The van der Waals surface area contributed by atoms with Crippen LogP contribution in [-0.4, -0.2) is 38.5 Å². The summed E-state index contributed by atoms with van der Waals surface area (Å²) < 4.78 is 2.00. The number of fused-ring (bicyclic) bond motifs is 3. The van der Waals surface area contributed by atoms with Gasteiger partial charge in [0.15, 0.2) is 5.82 Å². The second kappa shape index (κ2) is 7.70. The van der Waals surface area contributed by atoms with Crippen LogP contribution in [0.5, 0.6) is 0 Å². The number of amides is 1. The van der Waals surface area contributed by atoms with E-state index in [1.807, 2.05) is 57.6 Å². The normalized spacial score (nSPS) is 13.0. The highest BCUT2D eigenvalue weighted by molar-refractivity contribution is 6.07. The predicted molar refractivity (Wildman–Crippen MR) is 125 cm³/mol. The van der Waals surface area contributed by atoms with Crippen molar-refractivity contribution in [2.24, 2.45) is 18.2 Å². The van der Waals surface area contributed by atoms with E-state index in [4.69, 9.17) is 10.7 Å². The number of hydrogen-bond acceptors (Lipinski definition) is 5. The number of rotatable bonds is 5. The first-order chi connectivity index (χ1) is 14.7. The number of aryl methyl sites for hydroxylation is 1. The molecule has 0 radical (unpaired) electrons. The number of benzene rings is 1. The number of pyridine rings is 1. The Morgan fingerprint density at radius 2 is 2.06 bits per heavy atom. The van der Waals surface area contributed by atoms with E-state index in [2.05, 4.69) is 32.7 Å². The lowest BCUT2D eigenvalue weighted by Crippen LogP contribution is -2.48. The fourth-order valence-electron chi connectivity index (χ4n) is 3.67. The van der Waals surface area contributed by atoms with E-state index in [0.29, 0.717) is 6.54 Å². The number of hydrogen-bond donors (Lipinski definition) is 4. The van der Waals surface area contributed by atoms with Crippen LogP contribution >= 0.6 is 0 Å². The van der Waals surface area contributed by atoms with Crippen molar-refractivity contribution in [2.45, 2.75) is 33.4 Å². The zero-order valence-corrected chi connectivity index (χ0v) is 18.6. The molecule has 0 aliphatic carbocycles. The van der Waals surface area contributed by atoms with Gasteiger partial charge in [0.2, 0.25) is 5.91 Å². The maximum atomic E-state index is 12.4. The zero-order chi connectivity index (χ0) is 22.3. The first kappa shape index (κ1) is 20.9. The highest BCUT2D eigenvalue weighted by Crippen LogP contribution is 2.31. The van der Waals surface area contributed by atoms with Crippen LogP contribution in [0.3, 0.4) is 0 Å². The molecular weight excluding hydrogens is 390 g/mol. The first-order valence-corrected chi connectivity index (χ1v) is 10.3. The number of H-pyrrole nitrogens is 1. The van der Waals surface area contributed by atoms with Gasteiger partial charge in [0.05, 0.1) is 17.9 Å². The third kappa shape index (κ3) is 3.86. The Labute approximate surface area is 181 Å². The van der Waals surface area contributed by atoms with Crippen molar-refractivity contribution >= 4 is 33.8 Å². The van der Waals surface area contributed by atoms with Crippen LogP contribution in [0, 0.1) is 5.41 Å². The number of nitrogens with zero attached hydrogens (tertiary/aromatic N) is 3. The SMILES string of the molecule is CNc1nc2[nH]c(-c3cccc(CNC(=O)[C@@H](N)C(C)(C)C)c3)cc2c2c1ncn2C. The van der Waals surface area contributed by atoms with Crippen LogP contribution in [0.15, 0.2) is 36.7 Å². The van der Waals surface area contributed by atoms with Gasteiger partial charge in [-0.2, -0.15) is 0 Å². The van der Waals surface area contributed by atoms with E-state index in [1.54, 1.807) is 6.33 Å². The van der Waals surface area contributed by atoms with Gasteiger partial charge in [0.1, 0.15) is 11.2 Å². The molecule has 0 fully saturated rings. The van der Waals surface area contributed by atoms with Gasteiger partial charge in [0.25, 0.3) is 0 Å². The topological polar surface area (TPSA) is 114 Å². The molecule has 31 heavy (non-hydrogen) atoms. The average Bonchev–Trinajstić information content (AvgIpc) is 3.34. The third-order valence-corrected chi connectivity index (χ3v) is 5.59. The molecule has 0 saturated heterocycles. The van der Waals surface area contributed by atoms with Gasteiger partial charge in [-0.1, -0.05) is 39.0 Å². The minimum absolute atomic E-state index is 0.147. The molecule has 162 valence electrons. The summed E-state index contributed by atoms with van der Waals surface area (Å²) in [7, 11) is 3.82. The summed E-state index contributed by atoms with van der Waals surface area (Å²) in [4.78, 5) is 25.0. The first-order valence-electron chi connectivity index (χ1n) is 10.3. The zero-order valence-electron chi connectivity index (χ0n) is 18.6. The molecule has 8 heteroatoms. The van der Waals surface area contributed by atoms with Gasteiger partial charge in [-0.25, -0.2) is 9.97 Å². The van der Waals surface area contributed by atoms with Crippen LogP contribution in [0.4, 0.5) is 5.82 Å². The Balaban J connectivity index is 1.64. The summed E-state index contributed by atoms with van der Waals surface area (Å²) in [5.74, 6) is 0.592. The number of aromatic amines is 1. The number of anilines is 1. The van der Waals surface area contributed by atoms with E-state index < -0.39 is 6.04 Å². The number of carbonyl (C=O) groups is 1. The van der Waals surface area contributed by atoms with Crippen LogP contribution in [-0.2, 0) is 18.4 Å². The maximum absolute atomic E-state index is 12.4. The molecule has 1 atom stereocenters. The molecule has 1 aromatic carbocycles. The molecule has 3 heterocycles. The Kier molecular flexibility index (Phi) is 5.18. The summed E-state index contributed by atoms with van der Waals surface area (Å²) in [6, 6.07) is 9.62. The van der Waals surface area contributed by atoms with Gasteiger partial charge >= 0.3 is 0 Å². The van der Waals surface area contributed by atoms with Crippen LogP contribution in [0.1, 0.15) is 26.3 Å². The molecule has 4 rings (SSSR count). The lowest BCUT2D eigenvalue weighted by atomic mass is 9.87. The van der Waals surface area contributed by atoms with Crippen LogP contribution in [0.25, 0.3) is 33.3 Å². The Hall–Kier alpha value is -3.39. The summed E-state index contributed by atoms with van der Waals surface area (Å²) in [5.41, 5.74) is 11.4. The molecule has 3 aromatic heterocycles. The lowest BCUT2D eigenvalue weighted by Gasteiger charge is -2.25. The lowest BCUT2D eigenvalue weighted by molar-refractivity contribution is -0.124. The molecule has 0 bridgehead atoms. The quantitative estimate of drug-likeness (QED) is 0.397. The summed E-state index contributed by atoms with van der Waals surface area (Å²) in [5, 5.41) is 7.08. The average molecular weight is 420 g/mol. The second-order valence-corrected chi connectivity index (χ2v) is 8.97. The van der Waals surface area contributed by atoms with E-state index in [1.165, 1.54) is 0 Å². The summed E-state index contributed by atoms with van der Waals surface area (Å²) in [6.07, 6.45) is 1.80. The van der Waals surface area contributed by atoms with Gasteiger partial charge in [-0.05, 0) is 28.7 Å². The van der Waals surface area contributed by atoms with E-state index in [9.17, 15) is 4.79 Å². The molecule has 0 aliphatic rings. The largest absolute Gasteiger partial charge is 0.371 e. The van der Waals surface area contributed by atoms with E-state index in [0.717, 1.165) is 44.7 Å². The van der Waals surface area contributed by atoms with Crippen LogP contribution in [0.2, 0.25) is 0 Å². The van der Waals surface area contributed by atoms with Crippen molar-refractivity contribution in [2.75, 3.05) is 12.4 Å². The Morgan fingerprint density at radius 3 is 2.77 bits per heavy atom. The standard InChI is InChI=1S/C23H29N7O/c1-23(2,3)19(24)22(31)26-11-13-7-6-8-14(9-13)16-10-15-18-17(27-12-30(18)5)21(25-4)29-20(15)28-16/h6-10,12,19H,11,24H2,1-5H3,(H,26,31)(H2,25,28,29)/t19-/m1/s1. The highest BCUT2D eigenvalue weighted by Gasteiger charge is 2.27. The number of carbonyl (C=O) groups excluding carboxylic acids is 1. The number of nitrogens with one attached hydrogen (secondary N) is 3.